The van der Waals surface area contributed by atoms with Crippen molar-refractivity contribution < 1.29 is 31.8 Å². The number of aromatic hydroxyl groups is 1. The minimum atomic E-state index is -5.47. The normalized spacial score (nSPS) is 14.1. The fourth-order valence-corrected chi connectivity index (χ4v) is 6.14. The van der Waals surface area contributed by atoms with Crippen LogP contribution in [0.5, 0.6) is 11.5 Å². The topological polar surface area (TPSA) is 32.7 Å². The summed E-state index contributed by atoms with van der Waals surface area (Å²) in [5.74, 6) is -2.58. The summed E-state index contributed by atoms with van der Waals surface area (Å²) in [6.07, 6.45) is -3.15. The van der Waals surface area contributed by atoms with E-state index in [1.165, 1.54) is 28.5 Å². The Morgan fingerprint density at radius 3 is 2.28 bits per heavy atom. The number of benzene rings is 3. The second-order valence-corrected chi connectivity index (χ2v) is 12.1. The fourth-order valence-electron chi connectivity index (χ4n) is 5.26. The number of rotatable bonds is 14. The molecule has 0 bridgehead atoms. The van der Waals surface area contributed by atoms with Gasteiger partial charge in [0.25, 0.3) is 0 Å². The van der Waals surface area contributed by atoms with Gasteiger partial charge >= 0.3 is 12.1 Å². The summed E-state index contributed by atoms with van der Waals surface area (Å²) >= 11 is 1.40. The number of fused-ring (bicyclic) bond motifs is 1. The first kappa shape index (κ1) is 32.9. The van der Waals surface area contributed by atoms with Gasteiger partial charge in [-0.1, -0.05) is 48.5 Å². The van der Waals surface area contributed by atoms with E-state index < -0.39 is 18.5 Å². The molecule has 0 radical (unpaired) electrons. The van der Waals surface area contributed by atoms with Crippen LogP contribution in [-0.2, 0) is 6.42 Å². The molecule has 0 saturated carbocycles. The molecular formula is C34H38F5NO2S. The van der Waals surface area contributed by atoms with E-state index in [9.17, 15) is 27.1 Å². The zero-order chi connectivity index (χ0) is 30.9. The van der Waals surface area contributed by atoms with Gasteiger partial charge in [-0.3, -0.25) is 0 Å². The average molecular weight is 620 g/mol. The molecule has 1 N–H and O–H groups in total. The molecule has 4 rings (SSSR count). The number of nitrogens with zero attached hydrogens (tertiary/aromatic N) is 1. The van der Waals surface area contributed by atoms with Crippen molar-refractivity contribution in [3.05, 3.63) is 95.1 Å². The molecule has 232 valence electrons. The molecule has 0 heterocycles. The number of alkyl halides is 5. The molecule has 0 fully saturated rings. The fraction of sp³-hybridized carbons (Fsp3) is 0.412. The van der Waals surface area contributed by atoms with E-state index in [1.807, 2.05) is 37.4 Å². The maximum Gasteiger partial charge on any atom is 0.453 e. The standard InChI is InChI=1S/C34H38F5NO2S/c1-40(19-7-23-43-22-6-18-33(35,36)34(37,38)39)20-21-42-29-15-12-26(13-16-29)32-30(25-8-3-2-4-9-25)11-5-10-27-24-28(41)14-17-31(27)32/h2-4,8-9,12-17,24,41H,5-7,10-11,18-23H2,1H3. The summed E-state index contributed by atoms with van der Waals surface area (Å²) in [6, 6.07) is 24.2. The third-order valence-electron chi connectivity index (χ3n) is 7.56. The summed E-state index contributed by atoms with van der Waals surface area (Å²) < 4.78 is 68.6. The zero-order valence-electron chi connectivity index (χ0n) is 24.3. The summed E-state index contributed by atoms with van der Waals surface area (Å²) in [7, 11) is 1.97. The molecule has 0 saturated heterocycles. The van der Waals surface area contributed by atoms with Crippen LogP contribution in [0.3, 0.4) is 0 Å². The van der Waals surface area contributed by atoms with Crippen LogP contribution in [0, 0.1) is 0 Å². The lowest BCUT2D eigenvalue weighted by Gasteiger charge is -2.19. The Labute approximate surface area is 254 Å². The molecule has 1 aliphatic rings. The van der Waals surface area contributed by atoms with Gasteiger partial charge in [0.15, 0.2) is 0 Å². The number of phenols is 1. The van der Waals surface area contributed by atoms with Crippen molar-refractivity contribution in [3.8, 4) is 11.5 Å². The van der Waals surface area contributed by atoms with E-state index in [0.29, 0.717) is 18.9 Å². The Hall–Kier alpha value is -3.04. The van der Waals surface area contributed by atoms with E-state index >= 15 is 0 Å². The molecular weight excluding hydrogens is 581 g/mol. The third-order valence-corrected chi connectivity index (χ3v) is 8.72. The Bertz CT molecular complexity index is 1340. The van der Waals surface area contributed by atoms with E-state index in [4.69, 9.17) is 4.74 Å². The second-order valence-electron chi connectivity index (χ2n) is 10.9. The summed E-state index contributed by atoms with van der Waals surface area (Å²) in [5, 5.41) is 10.1. The number of halogens is 5. The van der Waals surface area contributed by atoms with Crippen molar-refractivity contribution in [1.82, 2.24) is 4.90 Å². The summed E-state index contributed by atoms with van der Waals surface area (Å²) in [5.41, 5.74) is 7.04. The highest BCUT2D eigenvalue weighted by Crippen LogP contribution is 2.41. The zero-order valence-corrected chi connectivity index (χ0v) is 25.1. The number of likely N-dealkylation sites (N-methyl/N-ethyl adjacent to an activating group) is 1. The third kappa shape index (κ3) is 9.22. The lowest BCUT2D eigenvalue weighted by atomic mass is 9.88. The minimum Gasteiger partial charge on any atom is -0.508 e. The second kappa shape index (κ2) is 15.1. The molecule has 3 aromatic carbocycles. The van der Waals surface area contributed by atoms with Gasteiger partial charge in [-0.2, -0.15) is 33.7 Å². The van der Waals surface area contributed by atoms with Crippen molar-refractivity contribution in [2.45, 2.75) is 50.6 Å². The van der Waals surface area contributed by atoms with Crippen molar-refractivity contribution in [3.63, 3.8) is 0 Å². The van der Waals surface area contributed by atoms with Crippen LogP contribution in [0.4, 0.5) is 22.0 Å². The van der Waals surface area contributed by atoms with Gasteiger partial charge in [0.05, 0.1) is 0 Å². The Kier molecular flexibility index (Phi) is 11.5. The number of thioether (sulfide) groups is 1. The quantitative estimate of drug-likeness (QED) is 0.144. The van der Waals surface area contributed by atoms with Gasteiger partial charge in [-0.05, 0) is 115 Å². The van der Waals surface area contributed by atoms with Crippen LogP contribution >= 0.6 is 11.8 Å². The molecule has 3 aromatic rings. The van der Waals surface area contributed by atoms with E-state index in [1.54, 1.807) is 6.07 Å². The van der Waals surface area contributed by atoms with Gasteiger partial charge in [-0.15, -0.1) is 0 Å². The number of ether oxygens (including phenoxy) is 1. The number of hydrogen-bond donors (Lipinski definition) is 1. The van der Waals surface area contributed by atoms with Crippen LogP contribution in [0.2, 0.25) is 0 Å². The Morgan fingerprint density at radius 1 is 0.837 bits per heavy atom. The maximum absolute atomic E-state index is 13.0. The van der Waals surface area contributed by atoms with Crippen molar-refractivity contribution in [1.29, 1.82) is 0 Å². The molecule has 0 aromatic heterocycles. The predicted molar refractivity (Wildman–Crippen MR) is 165 cm³/mol. The van der Waals surface area contributed by atoms with Crippen LogP contribution in [0.25, 0.3) is 11.1 Å². The monoisotopic (exact) mass is 619 g/mol. The Morgan fingerprint density at radius 2 is 1.56 bits per heavy atom. The first-order valence-electron chi connectivity index (χ1n) is 14.6. The lowest BCUT2D eigenvalue weighted by molar-refractivity contribution is -0.284. The smallest absolute Gasteiger partial charge is 0.453 e. The number of phenolic OH excluding ortho intramolecular Hbond substituents is 1. The van der Waals surface area contributed by atoms with Crippen molar-refractivity contribution in [2.24, 2.45) is 0 Å². The van der Waals surface area contributed by atoms with Crippen LogP contribution in [0.1, 0.15) is 54.4 Å². The predicted octanol–water partition coefficient (Wildman–Crippen LogP) is 9.10. The van der Waals surface area contributed by atoms with Gasteiger partial charge in [0.2, 0.25) is 0 Å². The SMILES string of the molecule is CN(CCCSCCCC(F)(F)C(F)(F)F)CCOc1ccc(C2=C(c3ccccc3)CCCc3cc(O)ccc32)cc1. The van der Waals surface area contributed by atoms with Gasteiger partial charge in [0, 0.05) is 13.0 Å². The van der Waals surface area contributed by atoms with E-state index in [0.717, 1.165) is 54.7 Å². The van der Waals surface area contributed by atoms with E-state index in [2.05, 4.69) is 41.3 Å². The molecule has 9 heteroatoms. The van der Waals surface area contributed by atoms with Gasteiger partial charge in [0.1, 0.15) is 18.1 Å². The molecule has 3 nitrogen and oxygen atoms in total. The molecule has 0 unspecified atom stereocenters. The lowest BCUT2D eigenvalue weighted by Crippen LogP contribution is -2.36. The molecule has 0 atom stereocenters. The average Bonchev–Trinajstić information content (AvgIpc) is 3.16. The van der Waals surface area contributed by atoms with E-state index in [-0.39, 0.29) is 17.9 Å². The minimum absolute atomic E-state index is 0.166. The number of hydrogen-bond acceptors (Lipinski definition) is 4. The first-order valence-corrected chi connectivity index (χ1v) is 15.8. The molecule has 0 spiro atoms. The number of aryl methyl sites for hydroxylation is 1. The Balaban J connectivity index is 1.27. The van der Waals surface area contributed by atoms with Crippen molar-refractivity contribution in [2.75, 3.05) is 38.2 Å². The van der Waals surface area contributed by atoms with Gasteiger partial charge in [-0.25, -0.2) is 0 Å². The van der Waals surface area contributed by atoms with Crippen molar-refractivity contribution >= 4 is 22.9 Å². The largest absolute Gasteiger partial charge is 0.508 e. The highest BCUT2D eigenvalue weighted by Gasteiger charge is 2.56. The van der Waals surface area contributed by atoms with Crippen LogP contribution in [-0.4, -0.2) is 60.4 Å². The number of allylic oxidation sites excluding steroid dienone is 1. The molecule has 0 aliphatic heterocycles. The highest BCUT2D eigenvalue weighted by molar-refractivity contribution is 7.99. The van der Waals surface area contributed by atoms with Crippen LogP contribution < -0.4 is 4.74 Å². The molecule has 43 heavy (non-hydrogen) atoms. The molecule has 1 aliphatic carbocycles. The molecule has 0 amide bonds. The first-order chi connectivity index (χ1) is 20.5. The van der Waals surface area contributed by atoms with Gasteiger partial charge < -0.3 is 14.7 Å². The summed E-state index contributed by atoms with van der Waals surface area (Å²) in [4.78, 5) is 2.11. The van der Waals surface area contributed by atoms with Crippen LogP contribution in [0.15, 0.2) is 72.8 Å². The highest BCUT2D eigenvalue weighted by atomic mass is 32.2. The summed E-state index contributed by atoms with van der Waals surface area (Å²) in [6.45, 7) is 1.97. The maximum atomic E-state index is 13.0.